The predicted molar refractivity (Wildman–Crippen MR) is 106 cm³/mol. The van der Waals surface area contributed by atoms with Crippen molar-refractivity contribution in [3.63, 3.8) is 0 Å². The summed E-state index contributed by atoms with van der Waals surface area (Å²) in [6.07, 6.45) is 1.82. The number of piperazine rings is 1. The fourth-order valence-electron chi connectivity index (χ4n) is 3.18. The van der Waals surface area contributed by atoms with E-state index in [1.54, 1.807) is 7.11 Å². The molecule has 1 aliphatic heterocycles. The van der Waals surface area contributed by atoms with Gasteiger partial charge in [0.25, 0.3) is 5.91 Å². The van der Waals surface area contributed by atoms with Gasteiger partial charge in [-0.2, -0.15) is 5.10 Å². The van der Waals surface area contributed by atoms with Crippen molar-refractivity contribution in [2.75, 3.05) is 33.3 Å². The number of allylic oxidation sites excluding steroid dienone is 1. The average molecular weight is 388 g/mol. The highest BCUT2D eigenvalue weighted by Gasteiger charge is 2.23. The van der Waals surface area contributed by atoms with Crippen LogP contribution in [0.1, 0.15) is 16.2 Å². The molecule has 1 aromatic heterocycles. The van der Waals surface area contributed by atoms with E-state index in [4.69, 9.17) is 17.0 Å². The third kappa shape index (κ3) is 4.28. The van der Waals surface area contributed by atoms with Gasteiger partial charge >= 0.3 is 0 Å². The normalized spacial score (nSPS) is 15.0. The number of ether oxygens (including phenoxy) is 1. The first-order valence-electron chi connectivity index (χ1n) is 8.94. The van der Waals surface area contributed by atoms with E-state index in [1.165, 1.54) is 0 Å². The Hall–Kier alpha value is -2.45. The number of nitrogens with zero attached hydrogens (tertiary/aromatic N) is 5. The summed E-state index contributed by atoms with van der Waals surface area (Å²) in [4.78, 5) is 16.8. The van der Waals surface area contributed by atoms with Crippen LogP contribution in [0.2, 0.25) is 0 Å². The van der Waals surface area contributed by atoms with Crippen LogP contribution in [0.25, 0.3) is 0 Å². The lowest BCUT2D eigenvalue weighted by Gasteiger charge is -2.34. The van der Waals surface area contributed by atoms with E-state index < -0.39 is 0 Å². The van der Waals surface area contributed by atoms with Crippen molar-refractivity contribution in [1.82, 2.24) is 24.1 Å². The van der Waals surface area contributed by atoms with Gasteiger partial charge in [-0.1, -0.05) is 6.08 Å². The van der Waals surface area contributed by atoms with Gasteiger partial charge in [-0.15, -0.1) is 6.58 Å². The van der Waals surface area contributed by atoms with Crippen molar-refractivity contribution in [2.24, 2.45) is 0 Å². The third-order valence-electron chi connectivity index (χ3n) is 4.75. The first-order chi connectivity index (χ1) is 13.0. The Morgan fingerprint density at radius 1 is 1.26 bits per heavy atom. The average Bonchev–Trinajstić information content (AvgIpc) is 2.96. The maximum absolute atomic E-state index is 12.7. The van der Waals surface area contributed by atoms with Crippen molar-refractivity contribution >= 4 is 18.1 Å². The van der Waals surface area contributed by atoms with Gasteiger partial charge in [0, 0.05) is 38.3 Å². The Kier molecular flexibility index (Phi) is 6.08. The highest BCUT2D eigenvalue weighted by molar-refractivity contribution is 7.71. The molecule has 144 valence electrons. The van der Waals surface area contributed by atoms with E-state index in [0.29, 0.717) is 36.6 Å². The Bertz CT molecular complexity index is 863. The van der Waals surface area contributed by atoms with E-state index >= 15 is 0 Å². The van der Waals surface area contributed by atoms with Crippen LogP contribution in [-0.4, -0.2) is 63.3 Å². The van der Waals surface area contributed by atoms with Crippen LogP contribution in [0.15, 0.2) is 36.9 Å². The van der Waals surface area contributed by atoms with Crippen molar-refractivity contribution in [2.45, 2.75) is 20.1 Å². The van der Waals surface area contributed by atoms with Gasteiger partial charge in [0.15, 0.2) is 4.77 Å². The molecular formula is C19H25N5O2S. The summed E-state index contributed by atoms with van der Waals surface area (Å²) < 4.78 is 9.65. The molecule has 0 radical (unpaired) electrons. The first-order valence-corrected chi connectivity index (χ1v) is 9.35. The molecule has 3 rings (SSSR count). The van der Waals surface area contributed by atoms with E-state index in [1.807, 2.05) is 51.4 Å². The van der Waals surface area contributed by atoms with Crippen molar-refractivity contribution in [1.29, 1.82) is 0 Å². The summed E-state index contributed by atoms with van der Waals surface area (Å²) in [6, 6.07) is 7.24. The highest BCUT2D eigenvalue weighted by atomic mass is 32.1. The maximum atomic E-state index is 12.7. The summed E-state index contributed by atoms with van der Waals surface area (Å²) >= 11 is 5.51. The number of amides is 1. The van der Waals surface area contributed by atoms with Crippen molar-refractivity contribution < 1.29 is 9.53 Å². The number of methoxy groups -OCH3 is 1. The molecule has 7 nitrogen and oxygen atoms in total. The zero-order valence-corrected chi connectivity index (χ0v) is 16.6. The lowest BCUT2D eigenvalue weighted by molar-refractivity contribution is 0.0585. The summed E-state index contributed by atoms with van der Waals surface area (Å²) in [6.45, 7) is 9.95. The monoisotopic (exact) mass is 387 g/mol. The molecular weight excluding hydrogens is 362 g/mol. The molecule has 2 aromatic rings. The van der Waals surface area contributed by atoms with E-state index in [9.17, 15) is 4.79 Å². The van der Waals surface area contributed by atoms with Gasteiger partial charge in [0.2, 0.25) is 0 Å². The molecule has 0 N–H and O–H groups in total. The smallest absolute Gasteiger partial charge is 0.253 e. The summed E-state index contributed by atoms with van der Waals surface area (Å²) in [5.74, 6) is 1.69. The topological polar surface area (TPSA) is 55.5 Å². The second kappa shape index (κ2) is 8.49. The quantitative estimate of drug-likeness (QED) is 0.563. The first kappa shape index (κ1) is 19.3. The second-order valence-electron chi connectivity index (χ2n) is 6.51. The number of rotatable bonds is 6. The van der Waals surface area contributed by atoms with E-state index in [0.717, 1.165) is 24.7 Å². The number of carbonyl (C=O) groups excluding carboxylic acids is 1. The Labute approximate surface area is 164 Å². The molecule has 27 heavy (non-hydrogen) atoms. The molecule has 0 saturated carbocycles. The number of hydrogen-bond donors (Lipinski definition) is 0. The molecule has 1 aromatic carbocycles. The minimum atomic E-state index is 0.0556. The Balaban J connectivity index is 1.58. The van der Waals surface area contributed by atoms with Crippen LogP contribution < -0.4 is 4.74 Å². The van der Waals surface area contributed by atoms with Gasteiger partial charge in [-0.05, 0) is 43.4 Å². The lowest BCUT2D eigenvalue weighted by atomic mass is 10.1. The van der Waals surface area contributed by atoms with Gasteiger partial charge in [0.05, 0.1) is 13.8 Å². The SMILES string of the molecule is C=CCn1c(C)nn(CN2CCN(C(=O)c3ccc(OC)cc3)CC2)c1=S. The molecule has 0 spiro atoms. The lowest BCUT2D eigenvalue weighted by Crippen LogP contribution is -2.49. The Morgan fingerprint density at radius 2 is 1.93 bits per heavy atom. The molecule has 8 heteroatoms. The number of carbonyl (C=O) groups is 1. The largest absolute Gasteiger partial charge is 0.497 e. The second-order valence-corrected chi connectivity index (χ2v) is 6.87. The highest BCUT2D eigenvalue weighted by Crippen LogP contribution is 2.14. The van der Waals surface area contributed by atoms with Crippen LogP contribution in [0, 0.1) is 11.7 Å². The predicted octanol–water partition coefficient (Wildman–Crippen LogP) is 2.33. The molecule has 1 saturated heterocycles. The van der Waals surface area contributed by atoms with Crippen molar-refractivity contribution in [3.05, 3.63) is 53.1 Å². The zero-order chi connectivity index (χ0) is 19.4. The molecule has 0 bridgehead atoms. The van der Waals surface area contributed by atoms with Gasteiger partial charge in [-0.3, -0.25) is 9.69 Å². The molecule has 2 heterocycles. The van der Waals surface area contributed by atoms with Gasteiger partial charge in [0.1, 0.15) is 11.6 Å². The van der Waals surface area contributed by atoms with Gasteiger partial charge in [-0.25, -0.2) is 4.68 Å². The maximum Gasteiger partial charge on any atom is 0.253 e. The minimum Gasteiger partial charge on any atom is -0.497 e. The number of aryl methyl sites for hydroxylation is 1. The fourth-order valence-corrected chi connectivity index (χ4v) is 3.48. The van der Waals surface area contributed by atoms with Gasteiger partial charge < -0.3 is 14.2 Å². The molecule has 1 amide bonds. The van der Waals surface area contributed by atoms with Crippen LogP contribution in [0.4, 0.5) is 0 Å². The number of hydrogen-bond acceptors (Lipinski definition) is 5. The van der Waals surface area contributed by atoms with Crippen LogP contribution in [-0.2, 0) is 13.2 Å². The van der Waals surface area contributed by atoms with Crippen LogP contribution in [0.3, 0.4) is 0 Å². The van der Waals surface area contributed by atoms with Crippen LogP contribution in [0.5, 0.6) is 5.75 Å². The van der Waals surface area contributed by atoms with Crippen LogP contribution >= 0.6 is 12.2 Å². The molecule has 1 fully saturated rings. The number of aromatic nitrogens is 3. The zero-order valence-electron chi connectivity index (χ0n) is 15.8. The van der Waals surface area contributed by atoms with E-state index in [-0.39, 0.29) is 5.91 Å². The molecule has 1 aliphatic rings. The fraction of sp³-hybridized carbons (Fsp3) is 0.421. The molecule has 0 atom stereocenters. The molecule has 0 unspecified atom stereocenters. The standard InChI is InChI=1S/C19H25N5O2S/c1-4-9-23-15(2)20-24(19(23)27)14-21-10-12-22(13-11-21)18(25)16-5-7-17(26-3)8-6-16/h4-8H,1,9-14H2,2-3H3. The minimum absolute atomic E-state index is 0.0556. The van der Waals surface area contributed by atoms with E-state index in [2.05, 4.69) is 16.6 Å². The Morgan fingerprint density at radius 3 is 2.52 bits per heavy atom. The summed E-state index contributed by atoms with van der Waals surface area (Å²) in [5.41, 5.74) is 0.685. The molecule has 0 aliphatic carbocycles. The summed E-state index contributed by atoms with van der Waals surface area (Å²) in [5, 5.41) is 4.53. The number of benzene rings is 1. The summed E-state index contributed by atoms with van der Waals surface area (Å²) in [7, 11) is 1.62. The third-order valence-corrected chi connectivity index (χ3v) is 5.18. The van der Waals surface area contributed by atoms with Crippen molar-refractivity contribution in [3.8, 4) is 5.75 Å².